The monoisotopic (exact) mass is 543 g/mol. The molecule has 0 spiro atoms. The summed E-state index contributed by atoms with van der Waals surface area (Å²) in [7, 11) is 0. The maximum absolute atomic E-state index is 12.4. The third-order valence-corrected chi connectivity index (χ3v) is 7.09. The zero-order chi connectivity index (χ0) is 23.5. The van der Waals surface area contributed by atoms with Gasteiger partial charge in [-0.2, -0.15) is 0 Å². The van der Waals surface area contributed by atoms with E-state index in [2.05, 4.69) is 67.5 Å². The smallest absolute Gasteiger partial charge is 0.275 e. The van der Waals surface area contributed by atoms with E-state index in [4.69, 9.17) is 0 Å². The van der Waals surface area contributed by atoms with Crippen LogP contribution in [-0.2, 0) is 6.42 Å². The molecule has 1 N–H and O–H groups in total. The molecule has 0 radical (unpaired) electrons. The molecule has 36 heavy (non-hydrogen) atoms. The molecule has 2 aromatic heterocycles. The van der Waals surface area contributed by atoms with Crippen LogP contribution >= 0.6 is 36.2 Å². The highest BCUT2D eigenvalue weighted by Gasteiger charge is 2.19. The first-order chi connectivity index (χ1) is 16.5. The molecule has 0 unspecified atom stereocenters. The van der Waals surface area contributed by atoms with Gasteiger partial charge in [-0.25, -0.2) is 4.98 Å². The summed E-state index contributed by atoms with van der Waals surface area (Å²) < 4.78 is 0. The summed E-state index contributed by atoms with van der Waals surface area (Å²) in [6.45, 7) is 9.04. The predicted octanol–water partition coefficient (Wildman–Crippen LogP) is 5.77. The summed E-state index contributed by atoms with van der Waals surface area (Å²) in [6.07, 6.45) is 0.955. The first-order valence-corrected chi connectivity index (χ1v) is 12.6. The van der Waals surface area contributed by atoms with Gasteiger partial charge in [-0.3, -0.25) is 14.7 Å². The minimum absolute atomic E-state index is 0. The van der Waals surface area contributed by atoms with Gasteiger partial charge < -0.3 is 10.2 Å². The largest absolute Gasteiger partial charge is 0.368 e. The lowest BCUT2D eigenvalue weighted by Gasteiger charge is -2.36. The minimum atomic E-state index is -0.156. The van der Waals surface area contributed by atoms with E-state index in [1.54, 1.807) is 5.38 Å². The Morgan fingerprint density at radius 2 is 1.75 bits per heavy atom. The summed E-state index contributed by atoms with van der Waals surface area (Å²) in [5.74, 6) is -0.156. The van der Waals surface area contributed by atoms with Gasteiger partial charge in [-0.1, -0.05) is 18.2 Å². The van der Waals surface area contributed by atoms with Crippen molar-refractivity contribution in [3.8, 4) is 0 Å². The van der Waals surface area contributed by atoms with Crippen LogP contribution in [0.3, 0.4) is 0 Å². The van der Waals surface area contributed by atoms with Crippen LogP contribution in [0.2, 0.25) is 0 Å². The van der Waals surface area contributed by atoms with Crippen molar-refractivity contribution in [2.75, 3.05) is 42.9 Å². The molecule has 1 aliphatic rings. The molecule has 190 valence electrons. The van der Waals surface area contributed by atoms with Crippen molar-refractivity contribution in [2.45, 2.75) is 20.3 Å². The van der Waals surface area contributed by atoms with Crippen molar-refractivity contribution in [2.24, 2.45) is 0 Å². The number of carbonyl (C=O) groups is 1. The number of halogens is 2. The molecule has 5 rings (SSSR count). The topological polar surface area (TPSA) is 61.4 Å². The predicted molar refractivity (Wildman–Crippen MR) is 155 cm³/mol. The number of nitrogens with zero attached hydrogens (tertiary/aromatic N) is 4. The standard InChI is InChI=1S/C27H29N5OS.2ClH/c1-19-9-10-23-24(28-19)7-4-8-26(23)32-15-13-31(14-16-32)12-11-21-5-3-6-22(17-21)30-27(33)25-18-34-20(2)29-25;;/h3-10,17-18H,11-16H2,1-2H3,(H,30,33);2*1H. The highest BCUT2D eigenvalue weighted by atomic mass is 35.5. The van der Waals surface area contributed by atoms with Crippen LogP contribution < -0.4 is 10.2 Å². The molecule has 9 heteroatoms. The fraction of sp³-hybridized carbons (Fsp3) is 0.296. The van der Waals surface area contributed by atoms with Crippen LogP contribution in [0, 0.1) is 13.8 Å². The second-order valence-electron chi connectivity index (χ2n) is 8.78. The van der Waals surface area contributed by atoms with E-state index >= 15 is 0 Å². The lowest BCUT2D eigenvalue weighted by molar-refractivity contribution is 0.102. The Bertz CT molecular complexity index is 1320. The Hall–Kier alpha value is -2.71. The molecule has 0 aliphatic carbocycles. The summed E-state index contributed by atoms with van der Waals surface area (Å²) >= 11 is 1.49. The van der Waals surface area contributed by atoms with Gasteiger partial charge in [0.15, 0.2) is 0 Å². The number of nitrogens with one attached hydrogen (secondary N) is 1. The lowest BCUT2D eigenvalue weighted by atomic mass is 10.1. The number of hydrogen-bond donors (Lipinski definition) is 1. The van der Waals surface area contributed by atoms with Crippen molar-refractivity contribution < 1.29 is 4.79 Å². The number of thiazole rings is 1. The first-order valence-electron chi connectivity index (χ1n) is 11.7. The lowest BCUT2D eigenvalue weighted by Crippen LogP contribution is -2.47. The van der Waals surface area contributed by atoms with Crippen LogP contribution in [0.5, 0.6) is 0 Å². The van der Waals surface area contributed by atoms with Gasteiger partial charge in [0.25, 0.3) is 5.91 Å². The van der Waals surface area contributed by atoms with Gasteiger partial charge in [-0.05, 0) is 62.2 Å². The number of rotatable bonds is 6. The number of amides is 1. The van der Waals surface area contributed by atoms with E-state index in [9.17, 15) is 4.79 Å². The molecule has 1 amide bonds. The number of aryl methyl sites for hydroxylation is 2. The molecule has 1 fully saturated rings. The molecule has 1 saturated heterocycles. The molecule has 0 atom stereocenters. The molecule has 0 saturated carbocycles. The van der Waals surface area contributed by atoms with Crippen LogP contribution in [0.4, 0.5) is 11.4 Å². The number of benzene rings is 2. The summed E-state index contributed by atoms with van der Waals surface area (Å²) in [5, 5.41) is 6.89. The highest BCUT2D eigenvalue weighted by molar-refractivity contribution is 7.09. The summed E-state index contributed by atoms with van der Waals surface area (Å²) in [6, 6.07) is 18.8. The van der Waals surface area contributed by atoms with Crippen LogP contribution in [0.1, 0.15) is 26.8 Å². The van der Waals surface area contributed by atoms with E-state index in [1.165, 1.54) is 28.0 Å². The van der Waals surface area contributed by atoms with Crippen molar-refractivity contribution >= 4 is 64.3 Å². The Labute approximate surface area is 228 Å². The molecule has 0 bridgehead atoms. The Kier molecular flexibility index (Phi) is 9.68. The molecule has 3 heterocycles. The first kappa shape index (κ1) is 27.9. The number of carbonyl (C=O) groups excluding carboxylic acids is 1. The molecule has 1 aliphatic heterocycles. The maximum Gasteiger partial charge on any atom is 0.275 e. The maximum atomic E-state index is 12.4. The second kappa shape index (κ2) is 12.5. The zero-order valence-electron chi connectivity index (χ0n) is 20.4. The van der Waals surface area contributed by atoms with Gasteiger partial charge in [0, 0.05) is 60.6 Å². The Morgan fingerprint density at radius 3 is 2.50 bits per heavy atom. The Morgan fingerprint density at radius 1 is 0.972 bits per heavy atom. The molecular formula is C27H31Cl2N5OS. The van der Waals surface area contributed by atoms with Crippen LogP contribution in [-0.4, -0.2) is 53.5 Å². The van der Waals surface area contributed by atoms with E-state index in [1.807, 2.05) is 26.0 Å². The normalized spacial score (nSPS) is 13.7. The van der Waals surface area contributed by atoms with E-state index in [0.717, 1.165) is 61.1 Å². The average molecular weight is 545 g/mol. The Balaban J connectivity index is 0.00000180. The van der Waals surface area contributed by atoms with Crippen molar-refractivity contribution in [1.82, 2.24) is 14.9 Å². The minimum Gasteiger partial charge on any atom is -0.368 e. The van der Waals surface area contributed by atoms with Gasteiger partial charge in [0.05, 0.1) is 10.5 Å². The second-order valence-corrected chi connectivity index (χ2v) is 9.84. The van der Waals surface area contributed by atoms with Gasteiger partial charge >= 0.3 is 0 Å². The number of piperazine rings is 1. The number of aromatic nitrogens is 2. The molecular weight excluding hydrogens is 513 g/mol. The van der Waals surface area contributed by atoms with Gasteiger partial charge in [0.1, 0.15) is 5.69 Å². The fourth-order valence-electron chi connectivity index (χ4n) is 4.48. The summed E-state index contributed by atoms with van der Waals surface area (Å²) in [4.78, 5) is 26.4. The van der Waals surface area contributed by atoms with E-state index in [0.29, 0.717) is 5.69 Å². The summed E-state index contributed by atoms with van der Waals surface area (Å²) in [5.41, 5.74) is 5.92. The van der Waals surface area contributed by atoms with Crippen LogP contribution in [0.15, 0.2) is 60.0 Å². The number of hydrogen-bond acceptors (Lipinski definition) is 6. The third kappa shape index (κ3) is 6.53. The molecule has 4 aromatic rings. The molecule has 6 nitrogen and oxygen atoms in total. The number of pyridine rings is 1. The van der Waals surface area contributed by atoms with E-state index in [-0.39, 0.29) is 30.7 Å². The fourth-order valence-corrected chi connectivity index (χ4v) is 5.08. The van der Waals surface area contributed by atoms with Crippen LogP contribution in [0.25, 0.3) is 10.9 Å². The van der Waals surface area contributed by atoms with Crippen molar-refractivity contribution in [1.29, 1.82) is 0 Å². The van der Waals surface area contributed by atoms with E-state index < -0.39 is 0 Å². The van der Waals surface area contributed by atoms with Gasteiger partial charge in [-0.15, -0.1) is 36.2 Å². The van der Waals surface area contributed by atoms with Crippen molar-refractivity contribution in [3.63, 3.8) is 0 Å². The third-order valence-electron chi connectivity index (χ3n) is 6.31. The highest BCUT2D eigenvalue weighted by Crippen LogP contribution is 2.27. The van der Waals surface area contributed by atoms with Gasteiger partial charge in [0.2, 0.25) is 0 Å². The SMILES string of the molecule is Cc1ccc2c(N3CCN(CCc4cccc(NC(=O)c5csc(C)n5)c4)CC3)cccc2n1.Cl.Cl. The quantitative estimate of drug-likeness (QED) is 0.334. The number of fused-ring (bicyclic) bond motifs is 1. The number of anilines is 2. The van der Waals surface area contributed by atoms with Crippen molar-refractivity contribution in [3.05, 3.63) is 81.9 Å². The molecule has 2 aromatic carbocycles. The average Bonchev–Trinajstić information content (AvgIpc) is 3.29. The zero-order valence-corrected chi connectivity index (χ0v) is 22.9.